The molecular weight excluding hydrogens is 406 g/mol. The molecule has 2 aliphatic heterocycles. The highest BCUT2D eigenvalue weighted by atomic mass is 33.1. The first-order valence-corrected chi connectivity index (χ1v) is 12.8. The van der Waals surface area contributed by atoms with Gasteiger partial charge in [0.25, 0.3) is 0 Å². The molecule has 2 atom stereocenters. The number of unbranched alkanes of at least 4 members (excludes halogenated alkanes) is 1. The van der Waals surface area contributed by atoms with Crippen LogP contribution in [-0.2, 0) is 11.2 Å². The Morgan fingerprint density at radius 3 is 3.07 bits per heavy atom. The van der Waals surface area contributed by atoms with E-state index in [-0.39, 0.29) is 0 Å². The maximum absolute atomic E-state index is 12.6. The van der Waals surface area contributed by atoms with Crippen LogP contribution in [0.3, 0.4) is 0 Å². The van der Waals surface area contributed by atoms with Crippen molar-refractivity contribution in [3.8, 4) is 11.5 Å². The Hall–Kier alpha value is -1.61. The summed E-state index contributed by atoms with van der Waals surface area (Å²) in [6, 6.07) is 0. The normalized spacial score (nSPS) is 22.1. The molecule has 0 aromatic carbocycles. The summed E-state index contributed by atoms with van der Waals surface area (Å²) in [5, 5.41) is 4.82. The van der Waals surface area contributed by atoms with Gasteiger partial charge in [-0.25, -0.2) is 4.98 Å². The zero-order valence-corrected chi connectivity index (χ0v) is 18.2. The summed E-state index contributed by atoms with van der Waals surface area (Å²) in [6.45, 7) is 1.66. The number of hydrogen-bond acceptors (Lipinski definition) is 8. The van der Waals surface area contributed by atoms with Gasteiger partial charge in [-0.1, -0.05) is 33.2 Å². The van der Waals surface area contributed by atoms with E-state index < -0.39 is 0 Å². The third-order valence-corrected chi connectivity index (χ3v) is 8.50. The highest BCUT2D eigenvalue weighted by Crippen LogP contribution is 2.39. The Bertz CT molecular complexity index is 782. The summed E-state index contributed by atoms with van der Waals surface area (Å²) in [4.78, 5) is 27.4. The van der Waals surface area contributed by atoms with Crippen molar-refractivity contribution in [1.82, 2.24) is 25.0 Å². The summed E-state index contributed by atoms with van der Waals surface area (Å²) < 4.78 is 5.41. The van der Waals surface area contributed by atoms with Crippen LogP contribution in [-0.4, -0.2) is 55.0 Å². The Morgan fingerprint density at radius 2 is 2.24 bits per heavy atom. The van der Waals surface area contributed by atoms with Crippen LogP contribution in [0.2, 0.25) is 0 Å². The first-order valence-electron chi connectivity index (χ1n) is 10.4. The minimum absolute atomic E-state index is 0.300. The van der Waals surface area contributed by atoms with Crippen LogP contribution in [0.5, 0.6) is 0 Å². The molecule has 156 valence electrons. The van der Waals surface area contributed by atoms with Crippen molar-refractivity contribution in [3.63, 3.8) is 0 Å². The number of carbonyl (C=O) groups is 1. The zero-order valence-electron chi connectivity index (χ0n) is 16.5. The molecule has 0 aliphatic carbocycles. The lowest BCUT2D eigenvalue weighted by molar-refractivity contribution is -0.133. The molecule has 0 spiro atoms. The van der Waals surface area contributed by atoms with Gasteiger partial charge in [-0.3, -0.25) is 9.78 Å². The van der Waals surface area contributed by atoms with E-state index in [1.165, 1.54) is 18.6 Å². The van der Waals surface area contributed by atoms with Crippen LogP contribution < -0.4 is 0 Å². The van der Waals surface area contributed by atoms with Crippen LogP contribution in [0.15, 0.2) is 23.1 Å². The van der Waals surface area contributed by atoms with E-state index in [1.807, 2.05) is 26.5 Å². The second-order valence-corrected chi connectivity index (χ2v) is 10.5. The fourth-order valence-electron chi connectivity index (χ4n) is 3.93. The number of hydrogen-bond donors (Lipinski definition) is 0. The molecule has 2 aromatic heterocycles. The maximum atomic E-state index is 12.6. The molecule has 2 fully saturated rings. The average Bonchev–Trinajstić information content (AvgIpc) is 3.44. The van der Waals surface area contributed by atoms with E-state index in [2.05, 4.69) is 20.1 Å². The van der Waals surface area contributed by atoms with E-state index in [4.69, 9.17) is 4.52 Å². The molecule has 9 heteroatoms. The van der Waals surface area contributed by atoms with E-state index >= 15 is 0 Å². The van der Waals surface area contributed by atoms with E-state index in [1.54, 1.807) is 18.6 Å². The number of nitrogens with zero attached hydrogens (tertiary/aromatic N) is 5. The number of piperidine rings is 1. The van der Waals surface area contributed by atoms with Gasteiger partial charge >= 0.3 is 0 Å². The first kappa shape index (κ1) is 20.7. The molecule has 29 heavy (non-hydrogen) atoms. The number of aromatic nitrogens is 4. The van der Waals surface area contributed by atoms with Crippen molar-refractivity contribution in [2.75, 3.05) is 18.8 Å². The number of rotatable bonds is 8. The van der Waals surface area contributed by atoms with E-state index in [0.29, 0.717) is 42.1 Å². The van der Waals surface area contributed by atoms with Gasteiger partial charge in [0.2, 0.25) is 17.6 Å². The van der Waals surface area contributed by atoms with Crippen LogP contribution in [0.4, 0.5) is 0 Å². The van der Waals surface area contributed by atoms with Gasteiger partial charge in [0, 0.05) is 49.3 Å². The molecule has 1 amide bonds. The molecule has 2 aromatic rings. The third-order valence-electron chi connectivity index (χ3n) is 5.49. The van der Waals surface area contributed by atoms with Gasteiger partial charge in [0.15, 0.2) is 0 Å². The summed E-state index contributed by atoms with van der Waals surface area (Å²) in [7, 11) is 4.01. The van der Waals surface area contributed by atoms with Crippen molar-refractivity contribution in [3.05, 3.63) is 24.5 Å². The molecule has 2 saturated heterocycles. The number of carbonyl (C=O) groups excluding carboxylic acids is 1. The highest BCUT2D eigenvalue weighted by molar-refractivity contribution is 8.77. The zero-order chi connectivity index (χ0) is 19.9. The molecule has 0 N–H and O–H groups in total. The molecule has 4 rings (SSSR count). The second-order valence-electron chi connectivity index (χ2n) is 7.73. The Morgan fingerprint density at radius 1 is 1.28 bits per heavy atom. The Kier molecular flexibility index (Phi) is 7.43. The van der Waals surface area contributed by atoms with Crippen molar-refractivity contribution in [2.24, 2.45) is 5.92 Å². The Balaban J connectivity index is 1.22. The molecule has 0 radical (unpaired) electrons. The SMILES string of the molecule is O=C(CCCC[C@@H]1CCSS1)N1CCC[C@@H](Cc2nc(-c3cnccn3)no2)C1. The van der Waals surface area contributed by atoms with Crippen molar-refractivity contribution >= 4 is 27.5 Å². The van der Waals surface area contributed by atoms with Crippen LogP contribution in [0.1, 0.15) is 50.8 Å². The minimum atomic E-state index is 0.300. The lowest BCUT2D eigenvalue weighted by Gasteiger charge is -2.32. The van der Waals surface area contributed by atoms with Gasteiger partial charge in [-0.05, 0) is 38.0 Å². The van der Waals surface area contributed by atoms with Crippen molar-refractivity contribution < 1.29 is 9.32 Å². The third kappa shape index (κ3) is 5.94. The molecule has 2 aliphatic rings. The minimum Gasteiger partial charge on any atom is -0.342 e. The van der Waals surface area contributed by atoms with Gasteiger partial charge < -0.3 is 9.42 Å². The van der Waals surface area contributed by atoms with Crippen molar-refractivity contribution in [1.29, 1.82) is 0 Å². The van der Waals surface area contributed by atoms with Crippen LogP contribution in [0, 0.1) is 5.92 Å². The fraction of sp³-hybridized carbons (Fsp3) is 0.650. The highest BCUT2D eigenvalue weighted by Gasteiger charge is 2.25. The summed E-state index contributed by atoms with van der Waals surface area (Å²) in [6.07, 6.45) is 13.1. The number of likely N-dealkylation sites (tertiary alicyclic amines) is 1. The molecule has 0 saturated carbocycles. The van der Waals surface area contributed by atoms with Crippen LogP contribution >= 0.6 is 21.6 Å². The number of amides is 1. The van der Waals surface area contributed by atoms with Gasteiger partial charge in [0.05, 0.1) is 6.20 Å². The Labute approximate surface area is 179 Å². The van der Waals surface area contributed by atoms with Gasteiger partial charge in [-0.15, -0.1) is 0 Å². The topological polar surface area (TPSA) is 85.0 Å². The maximum Gasteiger partial charge on any atom is 0.227 e. The van der Waals surface area contributed by atoms with E-state index in [0.717, 1.165) is 44.0 Å². The molecule has 4 heterocycles. The van der Waals surface area contributed by atoms with Crippen LogP contribution in [0.25, 0.3) is 11.5 Å². The quantitative estimate of drug-likeness (QED) is 0.456. The van der Waals surface area contributed by atoms with E-state index in [9.17, 15) is 4.79 Å². The predicted octanol–water partition coefficient (Wildman–Crippen LogP) is 4.02. The molecule has 0 bridgehead atoms. The summed E-state index contributed by atoms with van der Waals surface area (Å²) in [5.74, 6) is 3.03. The lowest BCUT2D eigenvalue weighted by atomic mass is 9.94. The second kappa shape index (κ2) is 10.4. The standard InChI is InChI=1S/C20H27N5O2S2/c26-19(6-2-1-5-16-7-11-28-29-16)25-10-3-4-15(14-25)12-18-23-20(24-27-18)17-13-21-8-9-22-17/h8-9,13,15-16H,1-7,10-12,14H2/t15-,16+/m0/s1. The summed E-state index contributed by atoms with van der Waals surface area (Å²) in [5.41, 5.74) is 0.609. The van der Waals surface area contributed by atoms with Gasteiger partial charge in [-0.2, -0.15) is 4.98 Å². The molecular formula is C20H27N5O2S2. The smallest absolute Gasteiger partial charge is 0.227 e. The van der Waals surface area contributed by atoms with Gasteiger partial charge in [0.1, 0.15) is 5.69 Å². The lowest BCUT2D eigenvalue weighted by Crippen LogP contribution is -2.40. The largest absolute Gasteiger partial charge is 0.342 e. The first-order chi connectivity index (χ1) is 14.3. The molecule has 7 nitrogen and oxygen atoms in total. The molecule has 0 unspecified atom stereocenters. The predicted molar refractivity (Wildman–Crippen MR) is 115 cm³/mol. The van der Waals surface area contributed by atoms with Crippen molar-refractivity contribution in [2.45, 2.75) is 56.6 Å². The average molecular weight is 434 g/mol. The fourth-order valence-corrected chi connectivity index (χ4v) is 6.96. The summed E-state index contributed by atoms with van der Waals surface area (Å²) >= 11 is 0. The monoisotopic (exact) mass is 433 g/mol.